The van der Waals surface area contributed by atoms with Gasteiger partial charge in [0.25, 0.3) is 10.0 Å². The van der Waals surface area contributed by atoms with E-state index >= 15 is 0 Å². The van der Waals surface area contributed by atoms with Crippen LogP contribution in [0.5, 0.6) is 0 Å². The number of hydrogen-bond acceptors (Lipinski definition) is 5. The summed E-state index contributed by atoms with van der Waals surface area (Å²) in [5.74, 6) is 0. The van der Waals surface area contributed by atoms with E-state index in [2.05, 4.69) is 4.72 Å². The Hall–Kier alpha value is -2.37. The van der Waals surface area contributed by atoms with Gasteiger partial charge in [0.15, 0.2) is 9.84 Å². The zero-order valence-corrected chi connectivity index (χ0v) is 13.1. The first kappa shape index (κ1) is 16.0. The Labute approximate surface area is 129 Å². The van der Waals surface area contributed by atoms with Crippen LogP contribution in [0.1, 0.15) is 5.56 Å². The number of hydrogen-bond donors (Lipinski definition) is 1. The van der Waals surface area contributed by atoms with E-state index in [1.54, 1.807) is 0 Å². The van der Waals surface area contributed by atoms with E-state index in [9.17, 15) is 16.8 Å². The number of benzene rings is 2. The van der Waals surface area contributed by atoms with Crippen LogP contribution < -0.4 is 4.72 Å². The van der Waals surface area contributed by atoms with Crippen molar-refractivity contribution >= 4 is 25.5 Å². The second kappa shape index (κ2) is 5.79. The summed E-state index contributed by atoms with van der Waals surface area (Å²) in [7, 11) is -7.20. The van der Waals surface area contributed by atoms with Crippen molar-refractivity contribution in [3.8, 4) is 6.07 Å². The quantitative estimate of drug-likeness (QED) is 0.916. The molecule has 0 saturated heterocycles. The van der Waals surface area contributed by atoms with Crippen LogP contribution in [0.25, 0.3) is 0 Å². The van der Waals surface area contributed by atoms with E-state index in [1.807, 2.05) is 6.07 Å². The summed E-state index contributed by atoms with van der Waals surface area (Å²) in [4.78, 5) is -0.00548. The summed E-state index contributed by atoms with van der Waals surface area (Å²) >= 11 is 0. The molecule has 22 heavy (non-hydrogen) atoms. The molecule has 1 N–H and O–H groups in total. The topological polar surface area (TPSA) is 104 Å². The predicted octanol–water partition coefficient (Wildman–Crippen LogP) is 1.76. The van der Waals surface area contributed by atoms with E-state index in [0.29, 0.717) is 11.3 Å². The monoisotopic (exact) mass is 336 g/mol. The van der Waals surface area contributed by atoms with Crippen molar-refractivity contribution in [1.82, 2.24) is 0 Å². The van der Waals surface area contributed by atoms with Crippen LogP contribution in [-0.2, 0) is 19.9 Å². The fraction of sp³-hybridized carbons (Fsp3) is 0.0714. The Morgan fingerprint density at radius 3 is 1.82 bits per heavy atom. The van der Waals surface area contributed by atoms with Crippen LogP contribution in [-0.4, -0.2) is 23.1 Å². The van der Waals surface area contributed by atoms with Crippen LogP contribution in [0.4, 0.5) is 5.69 Å². The molecule has 0 spiro atoms. The van der Waals surface area contributed by atoms with E-state index in [1.165, 1.54) is 48.5 Å². The Morgan fingerprint density at radius 2 is 1.36 bits per heavy atom. The van der Waals surface area contributed by atoms with Crippen LogP contribution in [0, 0.1) is 11.3 Å². The molecule has 0 aliphatic rings. The molecule has 0 amide bonds. The molecule has 0 atom stereocenters. The van der Waals surface area contributed by atoms with Gasteiger partial charge in [-0.1, -0.05) is 0 Å². The first-order valence-corrected chi connectivity index (χ1v) is 9.43. The number of sulfone groups is 1. The van der Waals surface area contributed by atoms with E-state index < -0.39 is 19.9 Å². The highest BCUT2D eigenvalue weighted by atomic mass is 32.2. The molecule has 0 saturated carbocycles. The van der Waals surface area contributed by atoms with Crippen LogP contribution >= 0.6 is 0 Å². The Kier molecular flexibility index (Phi) is 4.21. The molecular formula is C14H12N2O4S2. The largest absolute Gasteiger partial charge is 0.280 e. The molecule has 0 bridgehead atoms. The fourth-order valence-electron chi connectivity index (χ4n) is 1.69. The number of sulfonamides is 1. The van der Waals surface area contributed by atoms with Crippen molar-refractivity contribution in [1.29, 1.82) is 5.26 Å². The predicted molar refractivity (Wildman–Crippen MR) is 81.5 cm³/mol. The summed E-state index contributed by atoms with van der Waals surface area (Å²) in [6.45, 7) is 0. The van der Waals surface area contributed by atoms with Gasteiger partial charge in [-0.3, -0.25) is 4.72 Å². The van der Waals surface area contributed by atoms with Gasteiger partial charge >= 0.3 is 0 Å². The number of rotatable bonds is 4. The third kappa shape index (κ3) is 3.63. The third-order valence-corrected chi connectivity index (χ3v) is 5.35. The minimum atomic E-state index is -3.82. The molecule has 2 aromatic rings. The molecule has 0 aliphatic carbocycles. The lowest BCUT2D eigenvalue weighted by molar-refractivity contribution is 0.597. The maximum atomic E-state index is 12.2. The van der Waals surface area contributed by atoms with Crippen molar-refractivity contribution in [2.45, 2.75) is 9.79 Å². The molecule has 0 fully saturated rings. The second-order valence-corrected chi connectivity index (χ2v) is 8.24. The average Bonchev–Trinajstić information content (AvgIpc) is 2.47. The van der Waals surface area contributed by atoms with Crippen LogP contribution in [0.15, 0.2) is 58.3 Å². The molecule has 8 heteroatoms. The van der Waals surface area contributed by atoms with Gasteiger partial charge in [0, 0.05) is 11.9 Å². The van der Waals surface area contributed by atoms with Gasteiger partial charge in [0.1, 0.15) is 0 Å². The lowest BCUT2D eigenvalue weighted by atomic mass is 10.2. The van der Waals surface area contributed by atoms with Gasteiger partial charge in [-0.25, -0.2) is 16.8 Å². The molecule has 6 nitrogen and oxygen atoms in total. The van der Waals surface area contributed by atoms with Crippen molar-refractivity contribution < 1.29 is 16.8 Å². The summed E-state index contributed by atoms with van der Waals surface area (Å²) in [5.41, 5.74) is 0.728. The average molecular weight is 336 g/mol. The van der Waals surface area contributed by atoms with Crippen LogP contribution in [0.3, 0.4) is 0 Å². The standard InChI is InChI=1S/C14H12N2O4S2/c1-21(17,18)13-6-8-14(9-7-13)22(19,20)16-12-4-2-11(10-15)3-5-12/h2-9,16H,1H3. The summed E-state index contributed by atoms with van der Waals surface area (Å²) < 4.78 is 49.4. The van der Waals surface area contributed by atoms with E-state index in [0.717, 1.165) is 6.26 Å². The second-order valence-electron chi connectivity index (χ2n) is 4.54. The van der Waals surface area contributed by atoms with E-state index in [-0.39, 0.29) is 9.79 Å². The molecule has 2 rings (SSSR count). The number of nitriles is 1. The Balaban J connectivity index is 2.28. The molecule has 0 unspecified atom stereocenters. The number of anilines is 1. The molecule has 0 radical (unpaired) electrons. The molecule has 2 aromatic carbocycles. The lowest BCUT2D eigenvalue weighted by Crippen LogP contribution is -2.13. The zero-order chi connectivity index (χ0) is 16.4. The highest BCUT2D eigenvalue weighted by molar-refractivity contribution is 7.92. The fourth-order valence-corrected chi connectivity index (χ4v) is 3.38. The van der Waals surface area contributed by atoms with Gasteiger partial charge in [0.2, 0.25) is 0 Å². The SMILES string of the molecule is CS(=O)(=O)c1ccc(S(=O)(=O)Nc2ccc(C#N)cc2)cc1. The smallest absolute Gasteiger partial charge is 0.261 e. The number of nitrogens with zero attached hydrogens (tertiary/aromatic N) is 1. The number of nitrogens with one attached hydrogen (secondary N) is 1. The van der Waals surface area contributed by atoms with Gasteiger partial charge in [0.05, 0.1) is 21.4 Å². The maximum Gasteiger partial charge on any atom is 0.261 e. The minimum absolute atomic E-state index is 0.0461. The minimum Gasteiger partial charge on any atom is -0.280 e. The highest BCUT2D eigenvalue weighted by Gasteiger charge is 2.15. The summed E-state index contributed by atoms with van der Waals surface area (Å²) in [5, 5.41) is 8.69. The third-order valence-electron chi connectivity index (χ3n) is 2.83. The van der Waals surface area contributed by atoms with Crippen LogP contribution in [0.2, 0.25) is 0 Å². The first-order chi connectivity index (χ1) is 10.2. The van der Waals surface area contributed by atoms with Gasteiger partial charge in [-0.15, -0.1) is 0 Å². The maximum absolute atomic E-state index is 12.2. The van der Waals surface area contributed by atoms with Crippen molar-refractivity contribution in [2.24, 2.45) is 0 Å². The summed E-state index contributed by atoms with van der Waals surface area (Å²) in [6.07, 6.45) is 1.05. The Morgan fingerprint density at radius 1 is 0.864 bits per heavy atom. The molecule has 0 heterocycles. The zero-order valence-electron chi connectivity index (χ0n) is 11.5. The van der Waals surface area contributed by atoms with Gasteiger partial charge in [-0.05, 0) is 48.5 Å². The molecule has 0 aliphatic heterocycles. The normalized spacial score (nSPS) is 11.6. The summed E-state index contributed by atoms with van der Waals surface area (Å²) in [6, 6.07) is 12.8. The molecule has 0 aromatic heterocycles. The van der Waals surface area contributed by atoms with E-state index in [4.69, 9.17) is 5.26 Å². The lowest BCUT2D eigenvalue weighted by Gasteiger charge is -2.08. The molecular weight excluding hydrogens is 324 g/mol. The van der Waals surface area contributed by atoms with Gasteiger partial charge < -0.3 is 0 Å². The Bertz CT molecular complexity index is 924. The molecule has 114 valence electrons. The van der Waals surface area contributed by atoms with Gasteiger partial charge in [-0.2, -0.15) is 5.26 Å². The van der Waals surface area contributed by atoms with Crippen molar-refractivity contribution in [3.05, 3.63) is 54.1 Å². The highest BCUT2D eigenvalue weighted by Crippen LogP contribution is 2.18. The van der Waals surface area contributed by atoms with Crippen molar-refractivity contribution in [2.75, 3.05) is 11.0 Å². The van der Waals surface area contributed by atoms with Crippen molar-refractivity contribution in [3.63, 3.8) is 0 Å². The first-order valence-electron chi connectivity index (χ1n) is 6.05.